The topological polar surface area (TPSA) is 136 Å². The second-order valence-corrected chi connectivity index (χ2v) is 11.0. The number of nitrogens with zero attached hydrogens (tertiary/aromatic N) is 5. The molecule has 2 fully saturated rings. The van der Waals surface area contributed by atoms with E-state index in [9.17, 15) is 14.4 Å². The Bertz CT molecular complexity index is 1580. The Kier molecular flexibility index (Phi) is 7.91. The number of hydrogen-bond donors (Lipinski definition) is 3. The number of piperidine rings is 1. The van der Waals surface area contributed by atoms with Crippen molar-refractivity contribution >= 4 is 34.3 Å². The Balaban J connectivity index is 0.976. The number of aromatic nitrogens is 4. The number of likely N-dealkylation sites (tertiary alicyclic amines) is 2. The number of carbonyl (C=O) groups is 3. The van der Waals surface area contributed by atoms with Crippen LogP contribution in [0.4, 0.5) is 5.69 Å². The van der Waals surface area contributed by atoms with Gasteiger partial charge < -0.3 is 15.5 Å². The van der Waals surface area contributed by atoms with Crippen molar-refractivity contribution in [3.63, 3.8) is 0 Å². The fraction of sp³-hybridized carbons (Fsp3) is 0.355. The third-order valence-corrected chi connectivity index (χ3v) is 8.33. The third kappa shape index (κ3) is 5.87. The molecule has 42 heavy (non-hydrogen) atoms. The van der Waals surface area contributed by atoms with E-state index in [1.165, 1.54) is 5.56 Å². The van der Waals surface area contributed by atoms with Crippen LogP contribution in [0, 0.1) is 5.92 Å². The summed E-state index contributed by atoms with van der Waals surface area (Å²) in [5.41, 5.74) is 3.90. The molecule has 1 atom stereocenters. The molecular formula is C31H34N8O3. The van der Waals surface area contributed by atoms with Gasteiger partial charge in [0.15, 0.2) is 11.5 Å². The average Bonchev–Trinajstić information content (AvgIpc) is 3.68. The average molecular weight is 567 g/mol. The number of fused-ring (bicyclic) bond motifs is 1. The fourth-order valence-electron chi connectivity index (χ4n) is 5.92. The highest BCUT2D eigenvalue weighted by Gasteiger charge is 2.31. The maximum atomic E-state index is 13.1. The lowest BCUT2D eigenvalue weighted by atomic mass is 9.89. The first-order valence-corrected chi connectivity index (χ1v) is 14.4. The number of rotatable bonds is 7. The van der Waals surface area contributed by atoms with Crippen molar-refractivity contribution in [1.82, 2.24) is 35.3 Å². The van der Waals surface area contributed by atoms with Crippen molar-refractivity contribution in [2.75, 3.05) is 45.1 Å². The standard InChI is InChI=1S/C31H34N8O3/c1-32-31(42)28-25-17-24(7-8-26(25)36-37-28)35-30(41)23-9-14-38(18-23)19-27(40)39-15-10-21(11-16-39)20-3-5-22(6-4-20)29-33-12-2-13-34-29/h2-8,12-13,17,21,23H,9-11,14-16,18-19H2,1H3,(H,32,42)(H,35,41)(H,36,37)/t23-/m1/s1. The number of amides is 3. The van der Waals surface area contributed by atoms with Gasteiger partial charge in [-0.25, -0.2) is 9.97 Å². The Hall–Kier alpha value is -4.64. The van der Waals surface area contributed by atoms with Crippen molar-refractivity contribution in [2.24, 2.45) is 5.92 Å². The van der Waals surface area contributed by atoms with Crippen LogP contribution in [0.2, 0.25) is 0 Å². The zero-order chi connectivity index (χ0) is 29.1. The third-order valence-electron chi connectivity index (χ3n) is 8.33. The summed E-state index contributed by atoms with van der Waals surface area (Å²) >= 11 is 0. The molecule has 11 heteroatoms. The number of nitrogens with one attached hydrogen (secondary N) is 3. The van der Waals surface area contributed by atoms with E-state index in [0.717, 1.165) is 42.8 Å². The highest BCUT2D eigenvalue weighted by atomic mass is 16.2. The van der Waals surface area contributed by atoms with Crippen LogP contribution in [0.25, 0.3) is 22.3 Å². The predicted molar refractivity (Wildman–Crippen MR) is 159 cm³/mol. The molecule has 3 N–H and O–H groups in total. The molecule has 2 aliphatic heterocycles. The van der Waals surface area contributed by atoms with Crippen LogP contribution in [0.5, 0.6) is 0 Å². The van der Waals surface area contributed by atoms with Crippen molar-refractivity contribution in [3.8, 4) is 11.4 Å². The minimum atomic E-state index is -0.293. The predicted octanol–water partition coefficient (Wildman–Crippen LogP) is 3.05. The molecule has 0 bridgehead atoms. The first-order chi connectivity index (χ1) is 20.5. The van der Waals surface area contributed by atoms with E-state index in [-0.39, 0.29) is 29.3 Å². The first-order valence-electron chi connectivity index (χ1n) is 14.4. The summed E-state index contributed by atoms with van der Waals surface area (Å²) in [5.74, 6) is 0.689. The Morgan fingerprint density at radius 3 is 2.48 bits per heavy atom. The normalized spacial score (nSPS) is 17.8. The molecular weight excluding hydrogens is 532 g/mol. The smallest absolute Gasteiger partial charge is 0.272 e. The number of benzene rings is 2. The summed E-state index contributed by atoms with van der Waals surface area (Å²) in [6.07, 6.45) is 6.05. The van der Waals surface area contributed by atoms with Crippen LogP contribution in [0.1, 0.15) is 41.2 Å². The van der Waals surface area contributed by atoms with Crippen LogP contribution in [0.15, 0.2) is 60.9 Å². The lowest BCUT2D eigenvalue weighted by Gasteiger charge is -2.33. The van der Waals surface area contributed by atoms with E-state index in [1.807, 2.05) is 11.0 Å². The largest absolute Gasteiger partial charge is 0.354 e. The summed E-state index contributed by atoms with van der Waals surface area (Å²) in [6, 6.07) is 15.6. The molecule has 0 aliphatic carbocycles. The molecule has 216 valence electrons. The molecule has 2 aromatic carbocycles. The SMILES string of the molecule is CNC(=O)c1n[nH]c2ccc(NC(=O)[C@@H]3CCN(CC(=O)N4CCC(c5ccc(-c6ncccn6)cc5)CC4)C3)cc12. The lowest BCUT2D eigenvalue weighted by molar-refractivity contribution is -0.133. The molecule has 0 unspecified atom stereocenters. The second-order valence-electron chi connectivity index (χ2n) is 11.0. The molecule has 4 aromatic rings. The van der Waals surface area contributed by atoms with Gasteiger partial charge in [-0.3, -0.25) is 24.4 Å². The van der Waals surface area contributed by atoms with Crippen molar-refractivity contribution in [2.45, 2.75) is 25.2 Å². The van der Waals surface area contributed by atoms with E-state index in [2.05, 4.69) is 60.0 Å². The number of aromatic amines is 1. The van der Waals surface area contributed by atoms with E-state index in [1.54, 1.807) is 37.6 Å². The number of hydrogen-bond acceptors (Lipinski definition) is 7. The number of H-pyrrole nitrogens is 1. The van der Waals surface area contributed by atoms with Gasteiger partial charge in [0.1, 0.15) is 0 Å². The first kappa shape index (κ1) is 27.5. The molecule has 4 heterocycles. The molecule has 0 radical (unpaired) electrons. The summed E-state index contributed by atoms with van der Waals surface area (Å²) in [4.78, 5) is 50.9. The Morgan fingerprint density at radius 2 is 1.74 bits per heavy atom. The summed E-state index contributed by atoms with van der Waals surface area (Å²) < 4.78 is 0. The quantitative estimate of drug-likeness (QED) is 0.313. The van der Waals surface area contributed by atoms with Gasteiger partial charge in [-0.15, -0.1) is 0 Å². The van der Waals surface area contributed by atoms with Gasteiger partial charge in [0.2, 0.25) is 11.8 Å². The van der Waals surface area contributed by atoms with Crippen molar-refractivity contribution < 1.29 is 14.4 Å². The van der Waals surface area contributed by atoms with Gasteiger partial charge >= 0.3 is 0 Å². The lowest BCUT2D eigenvalue weighted by Crippen LogP contribution is -2.43. The van der Waals surface area contributed by atoms with Crippen LogP contribution < -0.4 is 10.6 Å². The van der Waals surface area contributed by atoms with Crippen LogP contribution in [0.3, 0.4) is 0 Å². The summed E-state index contributed by atoms with van der Waals surface area (Å²) in [6.45, 7) is 3.05. The van der Waals surface area contributed by atoms with Gasteiger partial charge in [-0.1, -0.05) is 24.3 Å². The molecule has 0 saturated carbocycles. The molecule has 2 aromatic heterocycles. The van der Waals surface area contributed by atoms with Gasteiger partial charge in [-0.05, 0) is 61.6 Å². The monoisotopic (exact) mass is 566 g/mol. The highest BCUT2D eigenvalue weighted by molar-refractivity contribution is 6.06. The Labute approximate surface area is 243 Å². The van der Waals surface area contributed by atoms with Crippen molar-refractivity contribution in [3.05, 3.63) is 72.2 Å². The molecule has 11 nitrogen and oxygen atoms in total. The summed E-state index contributed by atoms with van der Waals surface area (Å²) in [5, 5.41) is 13.1. The zero-order valence-corrected chi connectivity index (χ0v) is 23.5. The van der Waals surface area contributed by atoms with Crippen molar-refractivity contribution in [1.29, 1.82) is 0 Å². The van der Waals surface area contributed by atoms with Crippen LogP contribution >= 0.6 is 0 Å². The maximum Gasteiger partial charge on any atom is 0.272 e. The zero-order valence-electron chi connectivity index (χ0n) is 23.5. The minimum Gasteiger partial charge on any atom is -0.354 e. The fourth-order valence-corrected chi connectivity index (χ4v) is 5.92. The van der Waals surface area contributed by atoms with E-state index >= 15 is 0 Å². The molecule has 2 aliphatic rings. The molecule has 6 rings (SSSR count). The van der Waals surface area contributed by atoms with E-state index in [4.69, 9.17) is 0 Å². The number of carbonyl (C=O) groups excluding carboxylic acids is 3. The Morgan fingerprint density at radius 1 is 0.976 bits per heavy atom. The molecule has 3 amide bonds. The highest BCUT2D eigenvalue weighted by Crippen LogP contribution is 2.30. The van der Waals surface area contributed by atoms with Crippen LogP contribution in [-0.2, 0) is 9.59 Å². The van der Waals surface area contributed by atoms with Gasteiger partial charge in [0, 0.05) is 55.7 Å². The van der Waals surface area contributed by atoms with E-state index in [0.29, 0.717) is 43.0 Å². The minimum absolute atomic E-state index is 0.0834. The van der Waals surface area contributed by atoms with Gasteiger partial charge in [0.25, 0.3) is 5.91 Å². The maximum absolute atomic E-state index is 13.1. The second kappa shape index (κ2) is 12.1. The van der Waals surface area contributed by atoms with Crippen LogP contribution in [-0.4, -0.2) is 87.5 Å². The number of anilines is 1. The molecule has 2 saturated heterocycles. The summed E-state index contributed by atoms with van der Waals surface area (Å²) in [7, 11) is 1.55. The van der Waals surface area contributed by atoms with Gasteiger partial charge in [0.05, 0.1) is 18.0 Å². The van der Waals surface area contributed by atoms with E-state index < -0.39 is 0 Å². The molecule has 0 spiro atoms. The van der Waals surface area contributed by atoms with Gasteiger partial charge in [-0.2, -0.15) is 5.10 Å².